The second kappa shape index (κ2) is 8.17. The van der Waals surface area contributed by atoms with Crippen molar-refractivity contribution in [2.24, 2.45) is 0 Å². The van der Waals surface area contributed by atoms with Gasteiger partial charge in [-0.05, 0) is 24.6 Å². The zero-order valence-electron chi connectivity index (χ0n) is 16.1. The molecular weight excluding hydrogens is 370 g/mol. The molecule has 1 fully saturated rings. The molecular formula is C20H21N7O2. The molecule has 9 nitrogen and oxygen atoms in total. The SMILES string of the molecule is CCc1cc(N2CCN(c3ccc([N+](=O)[O-])cn3)CC2)nc(-c2ccncc2)n1. The van der Waals surface area contributed by atoms with Crippen molar-refractivity contribution in [2.45, 2.75) is 13.3 Å². The van der Waals surface area contributed by atoms with Crippen molar-refractivity contribution in [1.82, 2.24) is 19.9 Å². The fourth-order valence-corrected chi connectivity index (χ4v) is 3.29. The van der Waals surface area contributed by atoms with Crippen molar-refractivity contribution in [1.29, 1.82) is 0 Å². The lowest BCUT2D eigenvalue weighted by Crippen LogP contribution is -2.47. The van der Waals surface area contributed by atoms with Crippen molar-refractivity contribution in [3.63, 3.8) is 0 Å². The summed E-state index contributed by atoms with van der Waals surface area (Å²) in [5.41, 5.74) is 1.95. The minimum Gasteiger partial charge on any atom is -0.353 e. The Morgan fingerprint density at radius 3 is 2.28 bits per heavy atom. The summed E-state index contributed by atoms with van der Waals surface area (Å²) in [4.78, 5) is 32.5. The van der Waals surface area contributed by atoms with E-state index in [4.69, 9.17) is 4.98 Å². The predicted octanol–water partition coefficient (Wildman–Crippen LogP) is 2.73. The van der Waals surface area contributed by atoms with Gasteiger partial charge in [0.15, 0.2) is 5.82 Å². The molecule has 1 aliphatic heterocycles. The first-order chi connectivity index (χ1) is 14.1. The normalized spacial score (nSPS) is 14.1. The Bertz CT molecular complexity index is 987. The van der Waals surface area contributed by atoms with E-state index in [9.17, 15) is 10.1 Å². The fraction of sp³-hybridized carbons (Fsp3) is 0.300. The highest BCUT2D eigenvalue weighted by Gasteiger charge is 2.21. The summed E-state index contributed by atoms with van der Waals surface area (Å²) in [6.07, 6.45) is 5.63. The maximum Gasteiger partial charge on any atom is 0.287 e. The Morgan fingerprint density at radius 1 is 1.00 bits per heavy atom. The molecule has 0 unspecified atom stereocenters. The second-order valence-electron chi connectivity index (χ2n) is 6.74. The zero-order chi connectivity index (χ0) is 20.2. The number of nitrogens with zero attached hydrogens (tertiary/aromatic N) is 7. The van der Waals surface area contributed by atoms with E-state index < -0.39 is 4.92 Å². The van der Waals surface area contributed by atoms with Crippen LogP contribution in [0.4, 0.5) is 17.3 Å². The van der Waals surface area contributed by atoms with Crippen LogP contribution in [0.1, 0.15) is 12.6 Å². The van der Waals surface area contributed by atoms with E-state index in [0.29, 0.717) is 5.82 Å². The lowest BCUT2D eigenvalue weighted by atomic mass is 10.2. The van der Waals surface area contributed by atoms with E-state index in [1.165, 1.54) is 12.3 Å². The van der Waals surface area contributed by atoms with Gasteiger partial charge < -0.3 is 9.80 Å². The van der Waals surface area contributed by atoms with Crippen LogP contribution in [0.5, 0.6) is 0 Å². The molecule has 4 heterocycles. The van der Waals surface area contributed by atoms with Gasteiger partial charge in [0, 0.05) is 62.0 Å². The number of rotatable bonds is 5. The summed E-state index contributed by atoms with van der Waals surface area (Å²) in [6, 6.07) is 9.07. The summed E-state index contributed by atoms with van der Waals surface area (Å²) >= 11 is 0. The molecule has 0 amide bonds. The highest BCUT2D eigenvalue weighted by Crippen LogP contribution is 2.23. The van der Waals surface area contributed by atoms with Gasteiger partial charge in [0.05, 0.1) is 4.92 Å². The molecule has 1 saturated heterocycles. The van der Waals surface area contributed by atoms with E-state index in [2.05, 4.69) is 31.7 Å². The van der Waals surface area contributed by atoms with E-state index >= 15 is 0 Å². The van der Waals surface area contributed by atoms with Crippen LogP contribution < -0.4 is 9.80 Å². The van der Waals surface area contributed by atoms with Gasteiger partial charge in [0.1, 0.15) is 17.8 Å². The molecule has 0 atom stereocenters. The minimum atomic E-state index is -0.435. The van der Waals surface area contributed by atoms with Crippen molar-refractivity contribution in [2.75, 3.05) is 36.0 Å². The third-order valence-corrected chi connectivity index (χ3v) is 4.94. The number of piperazine rings is 1. The van der Waals surface area contributed by atoms with E-state index in [1.807, 2.05) is 18.2 Å². The highest BCUT2D eigenvalue weighted by molar-refractivity contribution is 5.58. The van der Waals surface area contributed by atoms with Gasteiger partial charge in [-0.2, -0.15) is 0 Å². The van der Waals surface area contributed by atoms with Gasteiger partial charge >= 0.3 is 0 Å². The van der Waals surface area contributed by atoms with Gasteiger partial charge in [0.2, 0.25) is 0 Å². The van der Waals surface area contributed by atoms with Crippen molar-refractivity contribution < 1.29 is 4.92 Å². The third-order valence-electron chi connectivity index (χ3n) is 4.94. The average molecular weight is 391 g/mol. The molecule has 29 heavy (non-hydrogen) atoms. The minimum absolute atomic E-state index is 0.00380. The number of aromatic nitrogens is 4. The predicted molar refractivity (Wildman–Crippen MR) is 110 cm³/mol. The molecule has 0 saturated carbocycles. The number of aryl methyl sites for hydroxylation is 1. The number of hydrogen-bond acceptors (Lipinski definition) is 8. The molecule has 9 heteroatoms. The van der Waals surface area contributed by atoms with Crippen LogP contribution in [0.2, 0.25) is 0 Å². The molecule has 1 aliphatic rings. The molecule has 3 aromatic heterocycles. The summed E-state index contributed by atoms with van der Waals surface area (Å²) in [6.45, 7) is 5.19. The number of anilines is 2. The van der Waals surface area contributed by atoms with Crippen LogP contribution in [0.3, 0.4) is 0 Å². The second-order valence-corrected chi connectivity index (χ2v) is 6.74. The van der Waals surface area contributed by atoms with Crippen LogP contribution in [-0.4, -0.2) is 51.0 Å². The molecule has 0 N–H and O–H groups in total. The van der Waals surface area contributed by atoms with Crippen LogP contribution in [0.25, 0.3) is 11.4 Å². The number of hydrogen-bond donors (Lipinski definition) is 0. The molecule has 4 rings (SSSR count). The summed E-state index contributed by atoms with van der Waals surface area (Å²) in [7, 11) is 0. The van der Waals surface area contributed by atoms with Crippen LogP contribution in [0, 0.1) is 10.1 Å². The first-order valence-corrected chi connectivity index (χ1v) is 9.52. The molecule has 0 aromatic carbocycles. The first kappa shape index (κ1) is 18.7. The Labute approximate surface area is 168 Å². The van der Waals surface area contributed by atoms with Crippen molar-refractivity contribution in [3.05, 3.63) is 64.7 Å². The summed E-state index contributed by atoms with van der Waals surface area (Å²) in [5.74, 6) is 2.38. The quantitative estimate of drug-likeness (QED) is 0.483. The maximum atomic E-state index is 10.8. The van der Waals surface area contributed by atoms with Crippen LogP contribution in [0.15, 0.2) is 48.9 Å². The summed E-state index contributed by atoms with van der Waals surface area (Å²) < 4.78 is 0. The lowest BCUT2D eigenvalue weighted by molar-refractivity contribution is -0.385. The van der Waals surface area contributed by atoms with Gasteiger partial charge in [0.25, 0.3) is 5.69 Å². The highest BCUT2D eigenvalue weighted by atomic mass is 16.6. The first-order valence-electron chi connectivity index (χ1n) is 9.52. The Kier molecular flexibility index (Phi) is 5.28. The smallest absolute Gasteiger partial charge is 0.287 e. The molecule has 0 radical (unpaired) electrons. The van der Waals surface area contributed by atoms with Crippen LogP contribution >= 0.6 is 0 Å². The van der Waals surface area contributed by atoms with Gasteiger partial charge in [-0.3, -0.25) is 15.1 Å². The van der Waals surface area contributed by atoms with Crippen molar-refractivity contribution in [3.8, 4) is 11.4 Å². The van der Waals surface area contributed by atoms with Crippen LogP contribution in [-0.2, 0) is 6.42 Å². The zero-order valence-corrected chi connectivity index (χ0v) is 16.1. The third kappa shape index (κ3) is 4.13. The van der Waals surface area contributed by atoms with E-state index in [-0.39, 0.29) is 5.69 Å². The van der Waals surface area contributed by atoms with Crippen molar-refractivity contribution >= 4 is 17.3 Å². The average Bonchev–Trinajstić information content (AvgIpc) is 2.79. The summed E-state index contributed by atoms with van der Waals surface area (Å²) in [5, 5.41) is 10.8. The molecule has 148 valence electrons. The largest absolute Gasteiger partial charge is 0.353 e. The fourth-order valence-electron chi connectivity index (χ4n) is 3.29. The lowest BCUT2D eigenvalue weighted by Gasteiger charge is -2.36. The van der Waals surface area contributed by atoms with Gasteiger partial charge in [-0.1, -0.05) is 6.92 Å². The maximum absolute atomic E-state index is 10.8. The van der Waals surface area contributed by atoms with Gasteiger partial charge in [-0.25, -0.2) is 15.0 Å². The monoisotopic (exact) mass is 391 g/mol. The Balaban J connectivity index is 1.50. The number of pyridine rings is 2. The molecule has 3 aromatic rings. The van der Waals surface area contributed by atoms with Gasteiger partial charge in [-0.15, -0.1) is 0 Å². The van der Waals surface area contributed by atoms with E-state index in [1.54, 1.807) is 18.5 Å². The molecule has 0 aliphatic carbocycles. The molecule has 0 spiro atoms. The number of nitro groups is 1. The standard InChI is InChI=1S/C20H21N7O2/c1-2-16-13-19(24-20(23-16)15-5-7-21-8-6-15)26-11-9-25(10-12-26)18-4-3-17(14-22-18)27(28)29/h3-8,13-14H,2,9-12H2,1H3. The van der Waals surface area contributed by atoms with E-state index in [0.717, 1.165) is 55.5 Å². The topological polar surface area (TPSA) is 101 Å². The molecule has 0 bridgehead atoms. The Hall–Kier alpha value is -3.62. The Morgan fingerprint density at radius 2 is 1.69 bits per heavy atom.